The Balaban J connectivity index is 2.01. The number of nitrogens with one attached hydrogen (secondary N) is 1. The summed E-state index contributed by atoms with van der Waals surface area (Å²) in [6.07, 6.45) is 5.37. The summed E-state index contributed by atoms with van der Waals surface area (Å²) in [5, 5.41) is 3.17. The minimum Gasteiger partial charge on any atom is -0.319 e. The molecular weight excluding hydrogens is 274 g/mol. The monoisotopic (exact) mass is 303 g/mol. The summed E-state index contributed by atoms with van der Waals surface area (Å²) in [6.45, 7) is 5.85. The van der Waals surface area contributed by atoms with Gasteiger partial charge in [-0.2, -0.15) is 17.0 Å². The lowest BCUT2D eigenvalue weighted by molar-refractivity contribution is 0.214. The van der Waals surface area contributed by atoms with Crippen molar-refractivity contribution in [2.24, 2.45) is 11.8 Å². The van der Waals surface area contributed by atoms with Crippen LogP contribution in [0.1, 0.15) is 39.0 Å². The van der Waals surface area contributed by atoms with E-state index in [0.717, 1.165) is 32.2 Å². The molecule has 2 unspecified atom stereocenters. The van der Waals surface area contributed by atoms with Crippen LogP contribution >= 0.6 is 0 Å². The summed E-state index contributed by atoms with van der Waals surface area (Å²) >= 11 is 0. The van der Waals surface area contributed by atoms with Crippen LogP contribution in [-0.2, 0) is 10.2 Å². The van der Waals surface area contributed by atoms with Crippen LogP contribution in [0.3, 0.4) is 0 Å². The minimum absolute atomic E-state index is 0.454. The average Bonchev–Trinajstić information content (AvgIpc) is 2.48. The zero-order chi connectivity index (χ0) is 14.6. The summed E-state index contributed by atoms with van der Waals surface area (Å²) in [5.74, 6) is 0.992. The van der Waals surface area contributed by atoms with E-state index in [0.29, 0.717) is 38.0 Å². The highest BCUT2D eigenvalue weighted by molar-refractivity contribution is 7.86. The van der Waals surface area contributed by atoms with Crippen molar-refractivity contribution in [1.29, 1.82) is 0 Å². The van der Waals surface area contributed by atoms with Crippen molar-refractivity contribution < 1.29 is 8.42 Å². The van der Waals surface area contributed by atoms with Gasteiger partial charge in [0.2, 0.25) is 0 Å². The van der Waals surface area contributed by atoms with E-state index in [1.807, 2.05) is 7.05 Å². The van der Waals surface area contributed by atoms with Crippen molar-refractivity contribution in [2.75, 3.05) is 39.8 Å². The van der Waals surface area contributed by atoms with Gasteiger partial charge >= 0.3 is 0 Å². The summed E-state index contributed by atoms with van der Waals surface area (Å²) in [7, 11) is -1.31. The summed E-state index contributed by atoms with van der Waals surface area (Å²) in [5.41, 5.74) is 0. The zero-order valence-electron chi connectivity index (χ0n) is 12.8. The van der Waals surface area contributed by atoms with Crippen LogP contribution < -0.4 is 5.32 Å². The van der Waals surface area contributed by atoms with Crippen molar-refractivity contribution in [3.8, 4) is 0 Å². The number of hydrogen-bond donors (Lipinski definition) is 1. The smallest absolute Gasteiger partial charge is 0.281 e. The molecule has 0 radical (unpaired) electrons. The summed E-state index contributed by atoms with van der Waals surface area (Å²) in [4.78, 5) is 0. The quantitative estimate of drug-likeness (QED) is 0.832. The van der Waals surface area contributed by atoms with Gasteiger partial charge in [0, 0.05) is 26.2 Å². The van der Waals surface area contributed by atoms with Crippen LogP contribution in [0.15, 0.2) is 0 Å². The van der Waals surface area contributed by atoms with E-state index in [1.165, 1.54) is 6.42 Å². The highest BCUT2D eigenvalue weighted by Gasteiger charge is 2.35. The van der Waals surface area contributed by atoms with Crippen LogP contribution in [0.5, 0.6) is 0 Å². The molecule has 1 N–H and O–H groups in total. The highest BCUT2D eigenvalue weighted by Crippen LogP contribution is 2.26. The van der Waals surface area contributed by atoms with Gasteiger partial charge in [0.15, 0.2) is 0 Å². The Morgan fingerprint density at radius 3 is 2.15 bits per heavy atom. The molecule has 0 aromatic heterocycles. The molecule has 6 heteroatoms. The molecule has 2 rings (SSSR count). The molecule has 2 fully saturated rings. The predicted octanol–water partition coefficient (Wildman–Crippen LogP) is 1.28. The second-order valence-electron chi connectivity index (χ2n) is 6.21. The van der Waals surface area contributed by atoms with Gasteiger partial charge in [0.05, 0.1) is 0 Å². The van der Waals surface area contributed by atoms with Crippen LogP contribution in [-0.4, -0.2) is 56.8 Å². The van der Waals surface area contributed by atoms with E-state index in [9.17, 15) is 8.42 Å². The lowest BCUT2D eigenvalue weighted by atomic mass is 9.97. The third-order valence-electron chi connectivity index (χ3n) is 4.69. The molecule has 0 aromatic carbocycles. The van der Waals surface area contributed by atoms with Crippen molar-refractivity contribution in [1.82, 2.24) is 13.9 Å². The Labute approximate surface area is 123 Å². The fourth-order valence-corrected chi connectivity index (χ4v) is 5.27. The molecule has 0 spiro atoms. The lowest BCUT2D eigenvalue weighted by Gasteiger charge is -2.38. The Kier molecular flexibility index (Phi) is 5.84. The van der Waals surface area contributed by atoms with Crippen LogP contribution in [0.4, 0.5) is 0 Å². The molecule has 118 valence electrons. The number of rotatable bonds is 5. The van der Waals surface area contributed by atoms with Crippen LogP contribution in [0, 0.1) is 11.8 Å². The predicted molar refractivity (Wildman–Crippen MR) is 81.7 cm³/mol. The SMILES string of the molecule is CCC1CCCN(S(=O)(=O)N2CCCC(CNC)C2)C1. The second-order valence-corrected chi connectivity index (χ2v) is 8.13. The third kappa shape index (κ3) is 3.72. The molecule has 2 aliphatic heterocycles. The largest absolute Gasteiger partial charge is 0.319 e. The van der Waals surface area contributed by atoms with Gasteiger partial charge < -0.3 is 5.32 Å². The molecule has 2 atom stereocenters. The molecule has 2 aliphatic rings. The lowest BCUT2D eigenvalue weighted by Crippen LogP contribution is -2.51. The molecular formula is C14H29N3O2S. The fourth-order valence-electron chi connectivity index (χ4n) is 3.42. The van der Waals surface area contributed by atoms with Crippen LogP contribution in [0.2, 0.25) is 0 Å². The van der Waals surface area contributed by atoms with E-state index in [2.05, 4.69) is 12.2 Å². The minimum atomic E-state index is -3.24. The Morgan fingerprint density at radius 2 is 1.60 bits per heavy atom. The zero-order valence-corrected chi connectivity index (χ0v) is 13.7. The first-order valence-electron chi connectivity index (χ1n) is 7.97. The molecule has 2 heterocycles. The molecule has 0 aromatic rings. The van der Waals surface area contributed by atoms with Gasteiger partial charge in [0.25, 0.3) is 10.2 Å². The Bertz CT molecular complexity index is 397. The molecule has 2 saturated heterocycles. The normalized spacial score (nSPS) is 30.5. The van der Waals surface area contributed by atoms with E-state index in [-0.39, 0.29) is 0 Å². The number of piperidine rings is 2. The van der Waals surface area contributed by atoms with Gasteiger partial charge in [-0.1, -0.05) is 13.3 Å². The summed E-state index contributed by atoms with van der Waals surface area (Å²) < 4.78 is 29.0. The number of hydrogen-bond acceptors (Lipinski definition) is 3. The second kappa shape index (κ2) is 7.20. The molecule has 5 nitrogen and oxygen atoms in total. The molecule has 0 saturated carbocycles. The van der Waals surface area contributed by atoms with Gasteiger partial charge in [-0.3, -0.25) is 0 Å². The Hall–Kier alpha value is -0.170. The Morgan fingerprint density at radius 1 is 1.05 bits per heavy atom. The third-order valence-corrected chi connectivity index (χ3v) is 6.65. The van der Waals surface area contributed by atoms with Gasteiger partial charge in [-0.05, 0) is 51.1 Å². The maximum absolute atomic E-state index is 12.8. The number of nitrogens with zero attached hydrogens (tertiary/aromatic N) is 2. The first-order valence-corrected chi connectivity index (χ1v) is 9.37. The maximum atomic E-state index is 12.8. The first kappa shape index (κ1) is 16.2. The molecule has 0 bridgehead atoms. The fraction of sp³-hybridized carbons (Fsp3) is 1.00. The standard InChI is InChI=1S/C14H29N3O2S/c1-3-13-6-4-8-16(11-13)20(18,19)17-9-5-7-14(12-17)10-15-2/h13-15H,3-12H2,1-2H3. The van der Waals surface area contributed by atoms with Crippen molar-refractivity contribution >= 4 is 10.2 Å². The van der Waals surface area contributed by atoms with E-state index < -0.39 is 10.2 Å². The van der Waals surface area contributed by atoms with E-state index >= 15 is 0 Å². The van der Waals surface area contributed by atoms with Crippen LogP contribution in [0.25, 0.3) is 0 Å². The first-order chi connectivity index (χ1) is 9.57. The summed E-state index contributed by atoms with van der Waals surface area (Å²) in [6, 6.07) is 0. The molecule has 0 aliphatic carbocycles. The molecule has 0 amide bonds. The van der Waals surface area contributed by atoms with Gasteiger partial charge in [0.1, 0.15) is 0 Å². The van der Waals surface area contributed by atoms with Gasteiger partial charge in [-0.15, -0.1) is 0 Å². The van der Waals surface area contributed by atoms with E-state index in [4.69, 9.17) is 0 Å². The highest BCUT2D eigenvalue weighted by atomic mass is 32.2. The topological polar surface area (TPSA) is 52.7 Å². The van der Waals surface area contributed by atoms with Crippen molar-refractivity contribution in [3.05, 3.63) is 0 Å². The maximum Gasteiger partial charge on any atom is 0.281 e. The van der Waals surface area contributed by atoms with Gasteiger partial charge in [-0.25, -0.2) is 0 Å². The van der Waals surface area contributed by atoms with Crippen molar-refractivity contribution in [3.63, 3.8) is 0 Å². The van der Waals surface area contributed by atoms with Crippen molar-refractivity contribution in [2.45, 2.75) is 39.0 Å². The molecule has 20 heavy (non-hydrogen) atoms. The average molecular weight is 303 g/mol. The van der Waals surface area contributed by atoms with E-state index in [1.54, 1.807) is 8.61 Å².